The number of hydrogen-bond donors (Lipinski definition) is 1. The fourth-order valence-corrected chi connectivity index (χ4v) is 3.55. The van der Waals surface area contributed by atoms with Crippen LogP contribution in [0.25, 0.3) is 0 Å². The van der Waals surface area contributed by atoms with Gasteiger partial charge in [-0.05, 0) is 25.3 Å². The summed E-state index contributed by atoms with van der Waals surface area (Å²) in [6.07, 6.45) is 2.28. The Kier molecular flexibility index (Phi) is 5.68. The van der Waals surface area contributed by atoms with Crippen LogP contribution in [0.3, 0.4) is 0 Å². The van der Waals surface area contributed by atoms with Crippen LogP contribution in [0.5, 0.6) is 11.5 Å². The van der Waals surface area contributed by atoms with Crippen LogP contribution in [-0.2, 0) is 11.2 Å². The summed E-state index contributed by atoms with van der Waals surface area (Å²) in [6, 6.07) is 5.28. The van der Waals surface area contributed by atoms with Crippen LogP contribution in [0.1, 0.15) is 10.6 Å². The molecule has 2 aromatic rings. The SMILES string of the molecule is COc1ccc(NC(=O)Cc2sc(SC)nc2C)c(OC)c1. The quantitative estimate of drug-likeness (QED) is 0.818. The number of thioether (sulfide) groups is 1. The van der Waals surface area contributed by atoms with Crippen molar-refractivity contribution in [1.82, 2.24) is 4.98 Å². The number of aromatic nitrogens is 1. The van der Waals surface area contributed by atoms with Gasteiger partial charge in [0.25, 0.3) is 0 Å². The first-order valence-electron chi connectivity index (χ1n) is 6.59. The van der Waals surface area contributed by atoms with Crippen molar-refractivity contribution in [2.24, 2.45) is 0 Å². The molecular weight excluding hydrogens is 320 g/mol. The van der Waals surface area contributed by atoms with Gasteiger partial charge in [0.05, 0.1) is 32.0 Å². The molecular formula is C15H18N2O3S2. The lowest BCUT2D eigenvalue weighted by atomic mass is 10.2. The first kappa shape index (κ1) is 16.6. The van der Waals surface area contributed by atoms with Gasteiger partial charge in [-0.15, -0.1) is 11.3 Å². The molecule has 1 aromatic carbocycles. The molecule has 0 saturated heterocycles. The number of carbonyl (C=O) groups excluding carboxylic acids is 1. The molecule has 0 fully saturated rings. The topological polar surface area (TPSA) is 60.5 Å². The number of methoxy groups -OCH3 is 2. The highest BCUT2D eigenvalue weighted by Crippen LogP contribution is 2.30. The van der Waals surface area contributed by atoms with Crippen LogP contribution in [0.4, 0.5) is 5.69 Å². The number of ether oxygens (including phenoxy) is 2. The van der Waals surface area contributed by atoms with Crippen LogP contribution < -0.4 is 14.8 Å². The normalized spacial score (nSPS) is 10.4. The Labute approximate surface area is 138 Å². The van der Waals surface area contributed by atoms with Crippen molar-refractivity contribution in [3.63, 3.8) is 0 Å². The van der Waals surface area contributed by atoms with Gasteiger partial charge in [0.2, 0.25) is 5.91 Å². The van der Waals surface area contributed by atoms with E-state index in [0.29, 0.717) is 23.6 Å². The molecule has 22 heavy (non-hydrogen) atoms. The Bertz CT molecular complexity index is 671. The van der Waals surface area contributed by atoms with Gasteiger partial charge in [0.1, 0.15) is 15.8 Å². The number of aryl methyl sites for hydroxylation is 1. The summed E-state index contributed by atoms with van der Waals surface area (Å²) in [4.78, 5) is 17.6. The van der Waals surface area contributed by atoms with Crippen molar-refractivity contribution in [2.75, 3.05) is 25.8 Å². The summed E-state index contributed by atoms with van der Waals surface area (Å²) in [5.41, 5.74) is 1.53. The van der Waals surface area contributed by atoms with Gasteiger partial charge in [0.15, 0.2) is 0 Å². The van der Waals surface area contributed by atoms with E-state index in [2.05, 4.69) is 10.3 Å². The maximum absolute atomic E-state index is 12.2. The van der Waals surface area contributed by atoms with E-state index >= 15 is 0 Å². The zero-order chi connectivity index (χ0) is 16.1. The van der Waals surface area contributed by atoms with E-state index in [1.165, 1.54) is 0 Å². The lowest BCUT2D eigenvalue weighted by molar-refractivity contribution is -0.115. The molecule has 0 aliphatic carbocycles. The first-order chi connectivity index (χ1) is 10.6. The lowest BCUT2D eigenvalue weighted by Crippen LogP contribution is -2.15. The summed E-state index contributed by atoms with van der Waals surface area (Å²) in [7, 11) is 3.14. The molecule has 118 valence electrons. The fourth-order valence-electron chi connectivity index (χ4n) is 1.89. The minimum Gasteiger partial charge on any atom is -0.497 e. The third-order valence-corrected chi connectivity index (χ3v) is 5.19. The Morgan fingerprint density at radius 1 is 1.36 bits per heavy atom. The number of benzene rings is 1. The van der Waals surface area contributed by atoms with E-state index in [0.717, 1.165) is 14.9 Å². The summed E-state index contributed by atoms with van der Waals surface area (Å²) < 4.78 is 11.4. The van der Waals surface area contributed by atoms with Crippen LogP contribution in [0.2, 0.25) is 0 Å². The highest BCUT2D eigenvalue weighted by molar-refractivity contribution is 8.00. The van der Waals surface area contributed by atoms with Crippen molar-refractivity contribution >= 4 is 34.7 Å². The zero-order valence-electron chi connectivity index (χ0n) is 12.9. The molecule has 1 amide bonds. The highest BCUT2D eigenvalue weighted by Gasteiger charge is 2.13. The van der Waals surface area contributed by atoms with E-state index in [1.54, 1.807) is 55.5 Å². The monoisotopic (exact) mass is 338 g/mol. The van der Waals surface area contributed by atoms with E-state index in [1.807, 2.05) is 13.2 Å². The molecule has 0 unspecified atom stereocenters. The van der Waals surface area contributed by atoms with Crippen molar-refractivity contribution < 1.29 is 14.3 Å². The molecule has 0 bridgehead atoms. The minimum absolute atomic E-state index is 0.0946. The molecule has 0 aliphatic rings. The molecule has 7 heteroatoms. The Balaban J connectivity index is 2.10. The van der Waals surface area contributed by atoms with Crippen molar-refractivity contribution in [2.45, 2.75) is 17.7 Å². The highest BCUT2D eigenvalue weighted by atomic mass is 32.2. The maximum Gasteiger partial charge on any atom is 0.229 e. The average Bonchev–Trinajstić information content (AvgIpc) is 2.87. The second kappa shape index (κ2) is 7.51. The molecule has 2 rings (SSSR count). The van der Waals surface area contributed by atoms with Crippen molar-refractivity contribution in [3.05, 3.63) is 28.8 Å². The molecule has 0 radical (unpaired) electrons. The minimum atomic E-state index is -0.0946. The second-order valence-electron chi connectivity index (χ2n) is 4.48. The third-order valence-electron chi connectivity index (χ3n) is 3.05. The van der Waals surface area contributed by atoms with E-state index in [-0.39, 0.29) is 5.91 Å². The largest absolute Gasteiger partial charge is 0.497 e. The molecule has 0 saturated carbocycles. The van der Waals surface area contributed by atoms with Gasteiger partial charge in [-0.1, -0.05) is 11.8 Å². The number of anilines is 1. The number of rotatable bonds is 6. The van der Waals surface area contributed by atoms with Crippen molar-refractivity contribution in [1.29, 1.82) is 0 Å². The smallest absolute Gasteiger partial charge is 0.229 e. The average molecular weight is 338 g/mol. The number of thiazole rings is 1. The summed E-state index contributed by atoms with van der Waals surface area (Å²) in [5, 5.41) is 2.87. The number of amides is 1. The summed E-state index contributed by atoms with van der Waals surface area (Å²) in [5.74, 6) is 1.15. The van der Waals surface area contributed by atoms with E-state index < -0.39 is 0 Å². The lowest BCUT2D eigenvalue weighted by Gasteiger charge is -2.11. The van der Waals surface area contributed by atoms with Crippen molar-refractivity contribution in [3.8, 4) is 11.5 Å². The van der Waals surface area contributed by atoms with Gasteiger partial charge in [0, 0.05) is 10.9 Å². The zero-order valence-corrected chi connectivity index (χ0v) is 14.6. The Morgan fingerprint density at radius 2 is 2.14 bits per heavy atom. The van der Waals surface area contributed by atoms with Crippen LogP contribution >= 0.6 is 23.1 Å². The predicted molar refractivity (Wildman–Crippen MR) is 90.5 cm³/mol. The van der Waals surface area contributed by atoms with Crippen LogP contribution in [0.15, 0.2) is 22.5 Å². The Hall–Kier alpha value is -1.73. The van der Waals surface area contributed by atoms with E-state index in [4.69, 9.17) is 9.47 Å². The number of nitrogens with zero attached hydrogens (tertiary/aromatic N) is 1. The number of hydrogen-bond acceptors (Lipinski definition) is 6. The van der Waals surface area contributed by atoms with Gasteiger partial charge in [-0.3, -0.25) is 4.79 Å². The van der Waals surface area contributed by atoms with Gasteiger partial charge >= 0.3 is 0 Å². The standard InChI is InChI=1S/C15H18N2O3S2/c1-9-13(22-15(16-9)21-4)8-14(18)17-11-6-5-10(19-2)7-12(11)20-3/h5-7H,8H2,1-4H3,(H,17,18). The number of carbonyl (C=O) groups is 1. The predicted octanol–water partition coefficient (Wildman–Crippen LogP) is 3.37. The second-order valence-corrected chi connectivity index (χ2v) is 6.62. The maximum atomic E-state index is 12.2. The number of nitrogens with one attached hydrogen (secondary N) is 1. The van der Waals surface area contributed by atoms with Crippen LogP contribution in [0, 0.1) is 6.92 Å². The van der Waals surface area contributed by atoms with E-state index in [9.17, 15) is 4.79 Å². The molecule has 1 N–H and O–H groups in total. The molecule has 0 aliphatic heterocycles. The molecule has 0 atom stereocenters. The third kappa shape index (κ3) is 3.92. The molecule has 5 nitrogen and oxygen atoms in total. The van der Waals surface area contributed by atoms with Gasteiger partial charge in [-0.2, -0.15) is 0 Å². The van der Waals surface area contributed by atoms with Gasteiger partial charge < -0.3 is 14.8 Å². The molecule has 1 aromatic heterocycles. The Morgan fingerprint density at radius 3 is 2.73 bits per heavy atom. The molecule has 1 heterocycles. The summed E-state index contributed by atoms with van der Waals surface area (Å²) >= 11 is 3.14. The van der Waals surface area contributed by atoms with Gasteiger partial charge in [-0.25, -0.2) is 4.98 Å². The summed E-state index contributed by atoms with van der Waals surface area (Å²) in [6.45, 7) is 1.92. The molecule has 0 spiro atoms. The van der Waals surface area contributed by atoms with Crippen LogP contribution in [-0.4, -0.2) is 31.4 Å². The first-order valence-corrected chi connectivity index (χ1v) is 8.63. The fraction of sp³-hybridized carbons (Fsp3) is 0.333.